The van der Waals surface area contributed by atoms with Crippen LogP contribution in [-0.4, -0.2) is 15.6 Å². The maximum Gasteiger partial charge on any atom is 0.0627 e. The Bertz CT molecular complexity index is 101. The SMILES string of the molecule is CC1(I)CCC(C)(C)OC1. The molecule has 0 N–H and O–H groups in total. The minimum absolute atomic E-state index is 0.130. The van der Waals surface area contributed by atoms with Crippen molar-refractivity contribution in [2.45, 2.75) is 42.6 Å². The molecule has 0 spiro atoms. The Morgan fingerprint density at radius 1 is 1.20 bits per heavy atom. The molecule has 60 valence electrons. The molecule has 0 radical (unpaired) electrons. The number of ether oxygens (including phenoxy) is 1. The van der Waals surface area contributed by atoms with Gasteiger partial charge in [-0.25, -0.2) is 0 Å². The molecule has 1 rings (SSSR count). The van der Waals surface area contributed by atoms with Gasteiger partial charge in [0.05, 0.1) is 12.2 Å². The Hall–Kier alpha value is 0.690. The van der Waals surface area contributed by atoms with Crippen LogP contribution in [0.3, 0.4) is 0 Å². The average Bonchev–Trinajstić information content (AvgIpc) is 1.79. The first-order valence-corrected chi connectivity index (χ1v) is 4.82. The van der Waals surface area contributed by atoms with E-state index in [1.165, 1.54) is 12.8 Å². The van der Waals surface area contributed by atoms with E-state index in [0.717, 1.165) is 6.61 Å². The van der Waals surface area contributed by atoms with Crippen molar-refractivity contribution >= 4 is 22.6 Å². The van der Waals surface area contributed by atoms with Crippen molar-refractivity contribution in [1.82, 2.24) is 0 Å². The molecule has 1 saturated heterocycles. The highest BCUT2D eigenvalue weighted by Crippen LogP contribution is 2.35. The molecule has 1 fully saturated rings. The van der Waals surface area contributed by atoms with Gasteiger partial charge in [0.1, 0.15) is 0 Å². The Labute approximate surface area is 76.7 Å². The molecular formula is C8H15IO. The fourth-order valence-corrected chi connectivity index (χ4v) is 1.48. The zero-order valence-corrected chi connectivity index (χ0v) is 9.07. The van der Waals surface area contributed by atoms with Crippen molar-refractivity contribution in [2.24, 2.45) is 0 Å². The lowest BCUT2D eigenvalue weighted by Gasteiger charge is -2.38. The molecule has 0 aromatic rings. The van der Waals surface area contributed by atoms with E-state index in [0.29, 0.717) is 3.42 Å². The normalized spacial score (nSPS) is 39.6. The molecule has 1 aliphatic rings. The summed E-state index contributed by atoms with van der Waals surface area (Å²) in [5.41, 5.74) is 0.130. The summed E-state index contributed by atoms with van der Waals surface area (Å²) in [6.45, 7) is 7.49. The standard InChI is InChI=1S/C8H15IO/c1-7(2)4-5-8(3,9)6-10-7/h4-6H2,1-3H3. The smallest absolute Gasteiger partial charge is 0.0627 e. The van der Waals surface area contributed by atoms with Gasteiger partial charge < -0.3 is 4.74 Å². The second-order valence-corrected chi connectivity index (χ2v) is 6.57. The fourth-order valence-electron chi connectivity index (χ4n) is 1.05. The van der Waals surface area contributed by atoms with Crippen LogP contribution in [0.15, 0.2) is 0 Å². The average molecular weight is 254 g/mol. The van der Waals surface area contributed by atoms with Crippen LogP contribution >= 0.6 is 22.6 Å². The zero-order chi connectivity index (χ0) is 7.83. The molecule has 1 aliphatic heterocycles. The van der Waals surface area contributed by atoms with Gasteiger partial charge in [0.2, 0.25) is 0 Å². The summed E-state index contributed by atoms with van der Waals surface area (Å²) in [7, 11) is 0. The Morgan fingerprint density at radius 3 is 2.10 bits per heavy atom. The quantitative estimate of drug-likeness (QED) is 0.477. The van der Waals surface area contributed by atoms with Crippen LogP contribution in [0.5, 0.6) is 0 Å². The van der Waals surface area contributed by atoms with Crippen molar-refractivity contribution in [2.75, 3.05) is 6.61 Å². The maximum absolute atomic E-state index is 5.67. The van der Waals surface area contributed by atoms with E-state index in [4.69, 9.17) is 4.74 Å². The van der Waals surface area contributed by atoms with Crippen LogP contribution in [0.2, 0.25) is 0 Å². The number of rotatable bonds is 0. The van der Waals surface area contributed by atoms with Crippen LogP contribution < -0.4 is 0 Å². The van der Waals surface area contributed by atoms with Crippen molar-refractivity contribution in [1.29, 1.82) is 0 Å². The highest BCUT2D eigenvalue weighted by atomic mass is 127. The van der Waals surface area contributed by atoms with Gasteiger partial charge in [-0.05, 0) is 33.6 Å². The van der Waals surface area contributed by atoms with Gasteiger partial charge >= 0.3 is 0 Å². The van der Waals surface area contributed by atoms with Gasteiger partial charge in [0, 0.05) is 3.42 Å². The van der Waals surface area contributed by atoms with E-state index in [2.05, 4.69) is 43.4 Å². The number of alkyl halides is 1. The summed E-state index contributed by atoms with van der Waals surface area (Å²) < 4.78 is 6.06. The molecule has 0 saturated carbocycles. The highest BCUT2D eigenvalue weighted by Gasteiger charge is 2.33. The third-order valence-electron chi connectivity index (χ3n) is 2.01. The van der Waals surface area contributed by atoms with Gasteiger partial charge in [-0.3, -0.25) is 0 Å². The summed E-state index contributed by atoms with van der Waals surface area (Å²) in [4.78, 5) is 0. The van der Waals surface area contributed by atoms with Crippen LogP contribution in [0.4, 0.5) is 0 Å². The van der Waals surface area contributed by atoms with Crippen molar-refractivity contribution < 1.29 is 4.74 Å². The Kier molecular flexibility index (Phi) is 2.31. The van der Waals surface area contributed by atoms with Gasteiger partial charge in [-0.2, -0.15) is 0 Å². The predicted molar refractivity (Wildman–Crippen MR) is 51.7 cm³/mol. The summed E-state index contributed by atoms with van der Waals surface area (Å²) in [6.07, 6.45) is 2.47. The first-order chi connectivity index (χ1) is 4.41. The van der Waals surface area contributed by atoms with Crippen LogP contribution in [0.1, 0.15) is 33.6 Å². The van der Waals surface area contributed by atoms with Gasteiger partial charge in [-0.15, -0.1) is 0 Å². The van der Waals surface area contributed by atoms with E-state index in [1.54, 1.807) is 0 Å². The largest absolute Gasteiger partial charge is 0.374 e. The van der Waals surface area contributed by atoms with Crippen LogP contribution in [0.25, 0.3) is 0 Å². The fraction of sp³-hybridized carbons (Fsp3) is 1.00. The highest BCUT2D eigenvalue weighted by molar-refractivity contribution is 14.1. The van der Waals surface area contributed by atoms with Gasteiger partial charge in [0.25, 0.3) is 0 Å². The van der Waals surface area contributed by atoms with Crippen LogP contribution in [0, 0.1) is 0 Å². The first-order valence-electron chi connectivity index (χ1n) is 3.74. The molecule has 1 atom stereocenters. The molecule has 0 aliphatic carbocycles. The third-order valence-corrected chi connectivity index (χ3v) is 2.86. The predicted octanol–water partition coefficient (Wildman–Crippen LogP) is 2.77. The summed E-state index contributed by atoms with van der Waals surface area (Å²) >= 11 is 2.48. The molecule has 2 heteroatoms. The lowest BCUT2D eigenvalue weighted by atomic mass is 9.93. The number of hydrogen-bond donors (Lipinski definition) is 0. The summed E-state index contributed by atoms with van der Waals surface area (Å²) in [5, 5.41) is 0. The molecule has 1 heterocycles. The molecule has 0 aromatic carbocycles. The summed E-state index contributed by atoms with van der Waals surface area (Å²) in [5.74, 6) is 0. The van der Waals surface area contributed by atoms with Gasteiger partial charge in [-0.1, -0.05) is 22.6 Å². The topological polar surface area (TPSA) is 9.23 Å². The van der Waals surface area contributed by atoms with Crippen molar-refractivity contribution in [3.05, 3.63) is 0 Å². The third kappa shape index (κ3) is 2.38. The number of hydrogen-bond acceptors (Lipinski definition) is 1. The summed E-state index contributed by atoms with van der Waals surface area (Å²) in [6, 6.07) is 0. The van der Waals surface area contributed by atoms with Crippen LogP contribution in [-0.2, 0) is 4.74 Å². The van der Waals surface area contributed by atoms with Crippen molar-refractivity contribution in [3.63, 3.8) is 0 Å². The minimum atomic E-state index is 0.130. The molecular weight excluding hydrogens is 239 g/mol. The van der Waals surface area contributed by atoms with Gasteiger partial charge in [0.15, 0.2) is 0 Å². The Morgan fingerprint density at radius 2 is 1.80 bits per heavy atom. The zero-order valence-electron chi connectivity index (χ0n) is 6.91. The van der Waals surface area contributed by atoms with E-state index >= 15 is 0 Å². The molecule has 10 heavy (non-hydrogen) atoms. The monoisotopic (exact) mass is 254 g/mol. The lowest BCUT2D eigenvalue weighted by Crippen LogP contribution is -2.39. The van der Waals surface area contributed by atoms with E-state index in [-0.39, 0.29) is 5.60 Å². The van der Waals surface area contributed by atoms with E-state index in [9.17, 15) is 0 Å². The van der Waals surface area contributed by atoms with E-state index < -0.39 is 0 Å². The molecule has 1 nitrogen and oxygen atoms in total. The maximum atomic E-state index is 5.67. The van der Waals surface area contributed by atoms with E-state index in [1.807, 2.05) is 0 Å². The number of halogens is 1. The minimum Gasteiger partial charge on any atom is -0.374 e. The molecule has 0 aromatic heterocycles. The molecule has 0 bridgehead atoms. The molecule has 1 unspecified atom stereocenters. The first kappa shape index (κ1) is 8.78. The second kappa shape index (κ2) is 2.63. The lowest BCUT2D eigenvalue weighted by molar-refractivity contribution is -0.0608. The van der Waals surface area contributed by atoms with Crippen molar-refractivity contribution in [3.8, 4) is 0 Å². The Balaban J connectivity index is 2.46. The molecule has 0 amide bonds. The second-order valence-electron chi connectivity index (χ2n) is 3.96.